The highest BCUT2D eigenvalue weighted by atomic mass is 35.5. The van der Waals surface area contributed by atoms with Crippen molar-refractivity contribution >= 4 is 18.3 Å². The third kappa shape index (κ3) is 2.31. The molecule has 2 heterocycles. The average molecular weight is 325 g/mol. The number of hydrogen-bond donors (Lipinski definition) is 1. The lowest BCUT2D eigenvalue weighted by Gasteiger charge is -2.56. The van der Waals surface area contributed by atoms with E-state index in [-0.39, 0.29) is 17.8 Å². The molecule has 6 fully saturated rings. The van der Waals surface area contributed by atoms with Crippen LogP contribution >= 0.6 is 12.4 Å². The van der Waals surface area contributed by atoms with Crippen molar-refractivity contribution in [3.63, 3.8) is 0 Å². The Kier molecular flexibility index (Phi) is 3.73. The Morgan fingerprint density at radius 2 is 1.50 bits per heavy atom. The molecule has 0 aromatic heterocycles. The largest absolute Gasteiger partial charge is 0.341 e. The van der Waals surface area contributed by atoms with Crippen LogP contribution in [0.5, 0.6) is 0 Å². The Labute approximate surface area is 140 Å². The van der Waals surface area contributed by atoms with Crippen LogP contribution in [0.3, 0.4) is 0 Å². The van der Waals surface area contributed by atoms with Gasteiger partial charge in [-0.25, -0.2) is 0 Å². The minimum Gasteiger partial charge on any atom is -0.341 e. The molecule has 0 spiro atoms. The predicted octanol–water partition coefficient (Wildman–Crippen LogP) is 2.98. The van der Waals surface area contributed by atoms with Crippen molar-refractivity contribution in [2.75, 3.05) is 13.1 Å². The summed E-state index contributed by atoms with van der Waals surface area (Å²) in [5.41, 5.74) is 0.0678. The van der Waals surface area contributed by atoms with E-state index in [1.807, 2.05) is 0 Å². The van der Waals surface area contributed by atoms with Crippen molar-refractivity contribution in [2.45, 2.75) is 69.9 Å². The Bertz CT molecular complexity index is 431. The van der Waals surface area contributed by atoms with E-state index in [1.54, 1.807) is 0 Å². The van der Waals surface area contributed by atoms with Gasteiger partial charge in [0.25, 0.3) is 0 Å². The number of amides is 1. The van der Waals surface area contributed by atoms with E-state index in [0.717, 1.165) is 30.8 Å². The van der Waals surface area contributed by atoms with Crippen LogP contribution in [0.2, 0.25) is 0 Å². The molecule has 124 valence electrons. The van der Waals surface area contributed by atoms with Gasteiger partial charge in [0.15, 0.2) is 0 Å². The maximum Gasteiger partial charge on any atom is 0.228 e. The number of rotatable bonds is 1. The summed E-state index contributed by atoms with van der Waals surface area (Å²) in [6.45, 7) is 1.99. The lowest BCUT2D eigenvalue weighted by molar-refractivity contribution is -0.157. The van der Waals surface area contributed by atoms with Crippen molar-refractivity contribution in [1.82, 2.24) is 10.2 Å². The number of likely N-dealkylation sites (tertiary alicyclic amines) is 1. The molecular formula is C18H29ClN2O. The normalized spacial score (nSPS) is 48.9. The van der Waals surface area contributed by atoms with Crippen LogP contribution in [-0.4, -0.2) is 36.0 Å². The van der Waals surface area contributed by atoms with Crippen LogP contribution in [0, 0.1) is 23.2 Å². The van der Waals surface area contributed by atoms with Crippen molar-refractivity contribution < 1.29 is 4.79 Å². The molecule has 4 saturated carbocycles. The molecule has 2 unspecified atom stereocenters. The Morgan fingerprint density at radius 3 is 2.14 bits per heavy atom. The van der Waals surface area contributed by atoms with Gasteiger partial charge in [-0.1, -0.05) is 0 Å². The Hall–Kier alpha value is -0.280. The van der Waals surface area contributed by atoms with E-state index < -0.39 is 0 Å². The lowest BCUT2D eigenvalue weighted by atomic mass is 9.49. The quantitative estimate of drug-likeness (QED) is 0.804. The number of fused-ring (bicyclic) bond motifs is 2. The number of carbonyl (C=O) groups is 1. The zero-order valence-corrected chi connectivity index (χ0v) is 14.2. The first-order valence-electron chi connectivity index (χ1n) is 9.26. The molecule has 6 aliphatic rings. The van der Waals surface area contributed by atoms with Gasteiger partial charge in [-0.2, -0.15) is 0 Å². The second-order valence-electron chi connectivity index (χ2n) is 8.88. The fraction of sp³-hybridized carbons (Fsp3) is 0.944. The summed E-state index contributed by atoms with van der Waals surface area (Å²) in [5.74, 6) is 3.18. The van der Waals surface area contributed by atoms with Gasteiger partial charge in [-0.3, -0.25) is 4.79 Å². The van der Waals surface area contributed by atoms with Gasteiger partial charge in [-0.05, 0) is 75.5 Å². The Morgan fingerprint density at radius 1 is 0.909 bits per heavy atom. The predicted molar refractivity (Wildman–Crippen MR) is 89.0 cm³/mol. The van der Waals surface area contributed by atoms with Gasteiger partial charge < -0.3 is 10.2 Å². The first-order valence-corrected chi connectivity index (χ1v) is 9.26. The molecule has 2 atom stereocenters. The third-order valence-corrected chi connectivity index (χ3v) is 7.30. The van der Waals surface area contributed by atoms with Crippen LogP contribution in [0.25, 0.3) is 0 Å². The summed E-state index contributed by atoms with van der Waals surface area (Å²) >= 11 is 0. The van der Waals surface area contributed by atoms with Gasteiger partial charge in [-0.15, -0.1) is 12.4 Å². The zero-order chi connectivity index (χ0) is 14.0. The van der Waals surface area contributed by atoms with Crippen LogP contribution in [0.1, 0.15) is 57.8 Å². The highest BCUT2D eigenvalue weighted by Gasteiger charge is 2.55. The smallest absolute Gasteiger partial charge is 0.228 e. The molecule has 0 radical (unpaired) electrons. The van der Waals surface area contributed by atoms with Crippen molar-refractivity contribution in [3.8, 4) is 0 Å². The topological polar surface area (TPSA) is 32.3 Å². The molecule has 2 saturated heterocycles. The van der Waals surface area contributed by atoms with Crippen LogP contribution in [0.4, 0.5) is 0 Å². The fourth-order valence-electron chi connectivity index (χ4n) is 6.84. The molecule has 4 aliphatic carbocycles. The summed E-state index contributed by atoms with van der Waals surface area (Å²) in [6, 6.07) is 1.26. The minimum atomic E-state index is 0. The number of nitrogens with one attached hydrogen (secondary N) is 1. The molecule has 22 heavy (non-hydrogen) atoms. The maximum absolute atomic E-state index is 13.4. The summed E-state index contributed by atoms with van der Waals surface area (Å²) in [4.78, 5) is 15.6. The third-order valence-electron chi connectivity index (χ3n) is 7.30. The molecule has 1 N–H and O–H groups in total. The van der Waals surface area contributed by atoms with E-state index >= 15 is 0 Å². The second-order valence-corrected chi connectivity index (χ2v) is 8.88. The van der Waals surface area contributed by atoms with Gasteiger partial charge in [0.1, 0.15) is 0 Å². The highest BCUT2D eigenvalue weighted by molar-refractivity contribution is 5.85. The summed E-state index contributed by atoms with van der Waals surface area (Å²) in [6.07, 6.45) is 11.7. The molecule has 0 aromatic carbocycles. The summed E-state index contributed by atoms with van der Waals surface area (Å²) in [5, 5.41) is 3.72. The number of hydrogen-bond acceptors (Lipinski definition) is 2. The van der Waals surface area contributed by atoms with Crippen molar-refractivity contribution in [3.05, 3.63) is 0 Å². The molecule has 4 heteroatoms. The molecule has 1 amide bonds. The van der Waals surface area contributed by atoms with Gasteiger partial charge >= 0.3 is 0 Å². The van der Waals surface area contributed by atoms with E-state index in [2.05, 4.69) is 10.2 Å². The van der Waals surface area contributed by atoms with Gasteiger partial charge in [0.2, 0.25) is 5.91 Å². The zero-order valence-electron chi connectivity index (χ0n) is 13.4. The highest BCUT2D eigenvalue weighted by Crippen LogP contribution is 2.60. The molecule has 6 rings (SSSR count). The van der Waals surface area contributed by atoms with E-state index in [9.17, 15) is 4.79 Å². The standard InChI is InChI=1S/C18H28N2O.ClH/c21-17(20-4-3-15-1-2-16(11-20)19-15)18-8-12-5-13(9-18)7-14(6-12)10-18;/h12-16,19H,1-11H2;1H. The number of halogens is 1. The van der Waals surface area contributed by atoms with E-state index in [4.69, 9.17) is 0 Å². The number of nitrogens with zero attached hydrogens (tertiary/aromatic N) is 1. The van der Waals surface area contributed by atoms with Gasteiger partial charge in [0, 0.05) is 25.2 Å². The first kappa shape index (κ1) is 15.3. The Balaban J connectivity index is 0.00000125. The van der Waals surface area contributed by atoms with Crippen LogP contribution < -0.4 is 5.32 Å². The van der Waals surface area contributed by atoms with E-state index in [0.29, 0.717) is 18.0 Å². The molecule has 3 nitrogen and oxygen atoms in total. The average Bonchev–Trinajstić information content (AvgIpc) is 2.76. The molecule has 2 aliphatic heterocycles. The first-order chi connectivity index (χ1) is 10.2. The van der Waals surface area contributed by atoms with Crippen LogP contribution in [-0.2, 0) is 4.79 Å². The fourth-order valence-corrected chi connectivity index (χ4v) is 6.84. The monoisotopic (exact) mass is 324 g/mol. The summed E-state index contributed by atoms with van der Waals surface area (Å²) in [7, 11) is 0. The van der Waals surface area contributed by atoms with E-state index in [1.165, 1.54) is 57.8 Å². The molecule has 0 aromatic rings. The van der Waals surface area contributed by atoms with Crippen molar-refractivity contribution in [2.24, 2.45) is 23.2 Å². The summed E-state index contributed by atoms with van der Waals surface area (Å²) < 4.78 is 0. The van der Waals surface area contributed by atoms with Crippen LogP contribution in [0.15, 0.2) is 0 Å². The second kappa shape index (κ2) is 5.37. The SMILES string of the molecule is Cl.O=C(N1CCC2CCC(C1)N2)C12CC3CC(CC(C3)C1)C2. The number of carbonyl (C=O) groups excluding carboxylic acids is 1. The minimum absolute atomic E-state index is 0. The molecular weight excluding hydrogens is 296 g/mol. The van der Waals surface area contributed by atoms with Crippen molar-refractivity contribution in [1.29, 1.82) is 0 Å². The lowest BCUT2D eigenvalue weighted by Crippen LogP contribution is -2.55. The maximum atomic E-state index is 13.4. The van der Waals surface area contributed by atoms with Gasteiger partial charge in [0.05, 0.1) is 5.41 Å². The molecule has 6 bridgehead atoms.